The number of carbonyl (C=O) groups is 1. The molecule has 42 valence electrons. The van der Waals surface area contributed by atoms with Crippen LogP contribution in [0.1, 0.15) is 0 Å². The number of hydrogen-bond donors (Lipinski definition) is 3. The van der Waals surface area contributed by atoms with Gasteiger partial charge >= 0.3 is 5.97 Å². The molecule has 0 heterocycles. The highest BCUT2D eigenvalue weighted by molar-refractivity contribution is 7.81. The summed E-state index contributed by atoms with van der Waals surface area (Å²) in [7, 11) is 0. The molecule has 0 aliphatic heterocycles. The zero-order chi connectivity index (χ0) is 5.86. The second-order valence-corrected chi connectivity index (χ2v) is 1.71. The largest absolute Gasteiger partial charge is 0.480 e. The molecule has 4 heteroatoms. The predicted molar refractivity (Wildman–Crippen MR) is 29.5 cm³/mol. The van der Waals surface area contributed by atoms with Crippen molar-refractivity contribution in [2.24, 2.45) is 5.73 Å². The average molecular weight is 121 g/mol. The van der Waals surface area contributed by atoms with E-state index in [0.29, 0.717) is 0 Å². The van der Waals surface area contributed by atoms with E-state index >= 15 is 0 Å². The molecule has 7 heavy (non-hydrogen) atoms. The Morgan fingerprint density at radius 3 is 2.43 bits per heavy atom. The van der Waals surface area contributed by atoms with Crippen LogP contribution in [0.15, 0.2) is 0 Å². The van der Waals surface area contributed by atoms with Crippen molar-refractivity contribution in [3.8, 4) is 0 Å². The van der Waals surface area contributed by atoms with E-state index in [1.165, 1.54) is 0 Å². The van der Waals surface area contributed by atoms with Gasteiger partial charge < -0.3 is 10.8 Å². The van der Waals surface area contributed by atoms with Gasteiger partial charge in [-0.3, -0.25) is 4.79 Å². The van der Waals surface area contributed by atoms with Crippen LogP contribution in [-0.2, 0) is 4.79 Å². The zero-order valence-corrected chi connectivity index (χ0v) is 4.56. The van der Waals surface area contributed by atoms with Crippen LogP contribution in [0.2, 0.25) is 0 Å². The summed E-state index contributed by atoms with van der Waals surface area (Å²) in [4.78, 5) is 9.77. The van der Waals surface area contributed by atoms with E-state index in [1.807, 2.05) is 0 Å². The highest BCUT2D eigenvalue weighted by Gasteiger charge is 2.06. The molecule has 0 bridgehead atoms. The van der Waals surface area contributed by atoms with Crippen molar-refractivity contribution in [3.63, 3.8) is 0 Å². The summed E-state index contributed by atoms with van der Waals surface area (Å²) < 4.78 is 0. The van der Waals surface area contributed by atoms with E-state index in [2.05, 4.69) is 12.6 Å². The topological polar surface area (TPSA) is 63.3 Å². The number of carboxylic acid groups (broad SMARTS) is 1. The second kappa shape index (κ2) is 2.87. The maximum atomic E-state index is 9.77. The molecule has 0 saturated heterocycles. The van der Waals surface area contributed by atoms with Crippen molar-refractivity contribution in [3.05, 3.63) is 0 Å². The lowest BCUT2D eigenvalue weighted by molar-refractivity contribution is -0.136. The van der Waals surface area contributed by atoms with Crippen molar-refractivity contribution in [2.75, 3.05) is 6.54 Å². The molecule has 1 unspecified atom stereocenters. The number of thiol groups is 1. The van der Waals surface area contributed by atoms with Gasteiger partial charge in [-0.25, -0.2) is 0 Å². The Bertz CT molecular complexity index is 75.3. The molecule has 3 N–H and O–H groups in total. The first-order valence-electron chi connectivity index (χ1n) is 1.79. The summed E-state index contributed by atoms with van der Waals surface area (Å²) >= 11 is 3.60. The number of carboxylic acids is 1. The molecule has 1 atom stereocenters. The fraction of sp³-hybridized carbons (Fsp3) is 0.667. The maximum absolute atomic E-state index is 9.77. The Morgan fingerprint density at radius 1 is 2.00 bits per heavy atom. The molecule has 0 amide bonds. The molecule has 0 fully saturated rings. The van der Waals surface area contributed by atoms with Gasteiger partial charge in [0.2, 0.25) is 0 Å². The maximum Gasteiger partial charge on any atom is 0.317 e. The van der Waals surface area contributed by atoms with Crippen LogP contribution < -0.4 is 5.73 Å². The van der Waals surface area contributed by atoms with Gasteiger partial charge in [0.15, 0.2) is 0 Å². The monoisotopic (exact) mass is 121 g/mol. The van der Waals surface area contributed by atoms with Crippen LogP contribution in [0, 0.1) is 0 Å². The van der Waals surface area contributed by atoms with Crippen LogP contribution in [0.5, 0.6) is 0 Å². The normalized spacial score (nSPS) is 13.4. The first kappa shape index (κ1) is 6.78. The van der Waals surface area contributed by atoms with Crippen LogP contribution in [-0.4, -0.2) is 22.9 Å². The average Bonchev–Trinajstić information content (AvgIpc) is 1.65. The minimum absolute atomic E-state index is 0.0818. The van der Waals surface area contributed by atoms with Gasteiger partial charge in [-0.1, -0.05) is 0 Å². The van der Waals surface area contributed by atoms with Crippen molar-refractivity contribution in [1.82, 2.24) is 0 Å². The molecule has 0 saturated carbocycles. The van der Waals surface area contributed by atoms with Crippen molar-refractivity contribution in [1.29, 1.82) is 0 Å². The fourth-order valence-electron chi connectivity index (χ4n) is 0.101. The third kappa shape index (κ3) is 2.47. The summed E-state index contributed by atoms with van der Waals surface area (Å²) in [6.07, 6.45) is 0. The third-order valence-electron chi connectivity index (χ3n) is 0.508. The summed E-state index contributed by atoms with van der Waals surface area (Å²) in [6, 6.07) is 0. The zero-order valence-electron chi connectivity index (χ0n) is 3.66. The van der Waals surface area contributed by atoms with Crippen LogP contribution >= 0.6 is 12.6 Å². The smallest absolute Gasteiger partial charge is 0.317 e. The van der Waals surface area contributed by atoms with E-state index in [9.17, 15) is 4.79 Å². The fourth-order valence-corrected chi connectivity index (χ4v) is 0.101. The minimum Gasteiger partial charge on any atom is -0.480 e. The van der Waals surface area contributed by atoms with Gasteiger partial charge in [0.05, 0.1) is 0 Å². The van der Waals surface area contributed by atoms with Gasteiger partial charge in [0, 0.05) is 6.54 Å². The highest BCUT2D eigenvalue weighted by Crippen LogP contribution is 1.88. The molecule has 0 aliphatic carbocycles. The molecule has 0 aliphatic rings. The van der Waals surface area contributed by atoms with E-state index in [1.54, 1.807) is 0 Å². The molecular weight excluding hydrogens is 114 g/mol. The molecule has 0 spiro atoms. The molecule has 0 rings (SSSR count). The number of aliphatic carboxylic acids is 1. The van der Waals surface area contributed by atoms with Gasteiger partial charge in [-0.2, -0.15) is 12.6 Å². The lowest BCUT2D eigenvalue weighted by Crippen LogP contribution is -2.23. The van der Waals surface area contributed by atoms with E-state index in [-0.39, 0.29) is 6.54 Å². The Morgan fingerprint density at radius 2 is 2.43 bits per heavy atom. The Labute approximate surface area is 46.9 Å². The molecule has 0 radical (unpaired) electrons. The van der Waals surface area contributed by atoms with Crippen LogP contribution in [0.25, 0.3) is 0 Å². The molecule has 0 aromatic rings. The molecular formula is C3H7NO2S. The Kier molecular flexibility index (Phi) is 2.78. The van der Waals surface area contributed by atoms with E-state index in [0.717, 1.165) is 0 Å². The molecule has 0 aromatic heterocycles. The first-order chi connectivity index (χ1) is 3.18. The summed E-state index contributed by atoms with van der Waals surface area (Å²) in [5, 5.41) is 7.32. The van der Waals surface area contributed by atoms with Crippen LogP contribution in [0.4, 0.5) is 0 Å². The molecule has 0 aromatic carbocycles. The highest BCUT2D eigenvalue weighted by atomic mass is 32.1. The lowest BCUT2D eigenvalue weighted by atomic mass is 10.4. The van der Waals surface area contributed by atoms with Gasteiger partial charge in [0.25, 0.3) is 0 Å². The van der Waals surface area contributed by atoms with E-state index < -0.39 is 11.2 Å². The first-order valence-corrected chi connectivity index (χ1v) is 2.31. The number of hydrogen-bond acceptors (Lipinski definition) is 3. The number of rotatable bonds is 2. The van der Waals surface area contributed by atoms with Crippen molar-refractivity contribution >= 4 is 18.6 Å². The van der Waals surface area contributed by atoms with E-state index in [4.69, 9.17) is 10.8 Å². The lowest BCUT2D eigenvalue weighted by Gasteiger charge is -1.95. The standard InChI is InChI=1S/C3H7NO2S/c4-1-2(7)3(5)6/h2,7H,1,4H2,(H,5,6). The van der Waals surface area contributed by atoms with Crippen molar-refractivity contribution < 1.29 is 9.90 Å². The van der Waals surface area contributed by atoms with Gasteiger partial charge in [-0.05, 0) is 0 Å². The second-order valence-electron chi connectivity index (χ2n) is 1.09. The Balaban J connectivity index is 3.34. The Hall–Kier alpha value is -0.220. The summed E-state index contributed by atoms with van der Waals surface area (Å²) in [6.45, 7) is 0.0818. The summed E-state index contributed by atoms with van der Waals surface area (Å²) in [5.41, 5.74) is 4.92. The van der Waals surface area contributed by atoms with Crippen LogP contribution in [0.3, 0.4) is 0 Å². The van der Waals surface area contributed by atoms with Gasteiger partial charge in [-0.15, -0.1) is 0 Å². The quantitative estimate of drug-likeness (QED) is 0.424. The minimum atomic E-state index is -0.967. The molecule has 3 nitrogen and oxygen atoms in total. The predicted octanol–water partition coefficient (Wildman–Crippen LogP) is -0.672. The SMILES string of the molecule is NCC(S)C(=O)O. The summed E-state index contributed by atoms with van der Waals surface area (Å²) in [5.74, 6) is -0.967. The van der Waals surface area contributed by atoms with Crippen molar-refractivity contribution in [2.45, 2.75) is 5.25 Å². The number of nitrogens with two attached hydrogens (primary N) is 1. The van der Waals surface area contributed by atoms with Gasteiger partial charge in [0.1, 0.15) is 5.25 Å². The third-order valence-corrected chi connectivity index (χ3v) is 0.940.